The highest BCUT2D eigenvalue weighted by molar-refractivity contribution is 7.13. The van der Waals surface area contributed by atoms with Gasteiger partial charge in [-0.3, -0.25) is 4.79 Å². The monoisotopic (exact) mass is 207 g/mol. The van der Waals surface area contributed by atoms with Crippen LogP contribution in [-0.4, -0.2) is 9.97 Å². The number of hydrogen-bond donors (Lipinski definition) is 2. The summed E-state index contributed by atoms with van der Waals surface area (Å²) < 4.78 is 0. The molecule has 2 rings (SSSR count). The van der Waals surface area contributed by atoms with Gasteiger partial charge in [0.25, 0.3) is 0 Å². The van der Waals surface area contributed by atoms with Crippen LogP contribution in [-0.2, 0) is 6.54 Å². The lowest BCUT2D eigenvalue weighted by Gasteiger charge is -1.93. The van der Waals surface area contributed by atoms with Crippen molar-refractivity contribution in [3.05, 3.63) is 39.6 Å². The number of nitrogens with two attached hydrogens (primary N) is 1. The molecule has 0 aliphatic heterocycles. The molecule has 0 amide bonds. The Bertz CT molecular complexity index is 489. The lowest BCUT2D eigenvalue weighted by Crippen LogP contribution is -1.99. The van der Waals surface area contributed by atoms with Crippen molar-refractivity contribution in [3.63, 3.8) is 0 Å². The lowest BCUT2D eigenvalue weighted by molar-refractivity contribution is 1.01. The van der Waals surface area contributed by atoms with E-state index in [1.165, 1.54) is 23.5 Å². The van der Waals surface area contributed by atoms with Crippen LogP contribution >= 0.6 is 11.3 Å². The minimum Gasteiger partial charge on any atom is -0.359 e. The van der Waals surface area contributed by atoms with Crippen LogP contribution in [0.25, 0.3) is 10.7 Å². The maximum absolute atomic E-state index is 11.1. The summed E-state index contributed by atoms with van der Waals surface area (Å²) in [5.41, 5.74) is 7.00. The molecular weight excluding hydrogens is 198 g/mol. The van der Waals surface area contributed by atoms with Crippen LogP contribution in [0, 0.1) is 0 Å². The van der Waals surface area contributed by atoms with Gasteiger partial charge in [-0.05, 0) is 0 Å². The average Bonchev–Trinajstić information content (AvgIpc) is 2.66. The van der Waals surface area contributed by atoms with Crippen LogP contribution in [0.4, 0.5) is 0 Å². The smallest absolute Gasteiger partial charge is 0.182 e. The molecular formula is C9H9N3OS. The number of nitrogens with zero attached hydrogens (tertiary/aromatic N) is 1. The second-order valence-electron chi connectivity index (χ2n) is 2.79. The highest BCUT2D eigenvalue weighted by Crippen LogP contribution is 2.19. The van der Waals surface area contributed by atoms with Crippen molar-refractivity contribution in [3.8, 4) is 10.7 Å². The molecule has 72 valence electrons. The predicted molar refractivity (Wildman–Crippen MR) is 56.1 cm³/mol. The number of pyridine rings is 1. The summed E-state index contributed by atoms with van der Waals surface area (Å²) in [6.45, 7) is 0.424. The summed E-state index contributed by atoms with van der Waals surface area (Å²) in [6, 6.07) is 3.00. The summed E-state index contributed by atoms with van der Waals surface area (Å²) >= 11 is 1.47. The molecule has 0 spiro atoms. The van der Waals surface area contributed by atoms with E-state index in [9.17, 15) is 4.79 Å². The van der Waals surface area contributed by atoms with Gasteiger partial charge in [-0.1, -0.05) is 0 Å². The molecule has 0 fully saturated rings. The van der Waals surface area contributed by atoms with E-state index >= 15 is 0 Å². The number of rotatable bonds is 2. The van der Waals surface area contributed by atoms with Crippen molar-refractivity contribution in [2.45, 2.75) is 6.54 Å². The van der Waals surface area contributed by atoms with Gasteiger partial charge in [0, 0.05) is 30.3 Å². The predicted octanol–water partition coefficient (Wildman–Crippen LogP) is 0.957. The maximum Gasteiger partial charge on any atom is 0.182 e. The first-order chi connectivity index (χ1) is 6.79. The van der Waals surface area contributed by atoms with E-state index in [2.05, 4.69) is 9.97 Å². The molecule has 0 saturated carbocycles. The molecule has 2 heterocycles. The molecule has 0 radical (unpaired) electrons. The molecule has 0 atom stereocenters. The van der Waals surface area contributed by atoms with Gasteiger partial charge in [0.05, 0.1) is 11.4 Å². The van der Waals surface area contributed by atoms with Crippen molar-refractivity contribution in [1.29, 1.82) is 0 Å². The average molecular weight is 207 g/mol. The molecule has 0 aliphatic carbocycles. The SMILES string of the molecule is NCc1csc(-c2cc(=O)cc[nH]2)n1. The van der Waals surface area contributed by atoms with Gasteiger partial charge >= 0.3 is 0 Å². The first-order valence-corrected chi connectivity index (χ1v) is 5.01. The summed E-state index contributed by atoms with van der Waals surface area (Å²) in [6.07, 6.45) is 1.61. The fraction of sp³-hybridized carbons (Fsp3) is 0.111. The van der Waals surface area contributed by atoms with E-state index in [4.69, 9.17) is 5.73 Å². The topological polar surface area (TPSA) is 71.8 Å². The molecule has 4 nitrogen and oxygen atoms in total. The first-order valence-electron chi connectivity index (χ1n) is 4.13. The van der Waals surface area contributed by atoms with Crippen molar-refractivity contribution in [1.82, 2.24) is 9.97 Å². The Labute approximate surface area is 84.4 Å². The van der Waals surface area contributed by atoms with Crippen molar-refractivity contribution in [2.75, 3.05) is 0 Å². The van der Waals surface area contributed by atoms with Gasteiger partial charge in [0.15, 0.2) is 5.43 Å². The van der Waals surface area contributed by atoms with Crippen LogP contribution in [0.3, 0.4) is 0 Å². The Morgan fingerprint density at radius 1 is 1.57 bits per heavy atom. The van der Waals surface area contributed by atoms with E-state index in [1.54, 1.807) is 6.20 Å². The fourth-order valence-electron chi connectivity index (χ4n) is 1.09. The molecule has 3 N–H and O–H groups in total. The van der Waals surface area contributed by atoms with Gasteiger partial charge in [0.2, 0.25) is 0 Å². The Morgan fingerprint density at radius 3 is 3.07 bits per heavy atom. The molecule has 2 aromatic rings. The van der Waals surface area contributed by atoms with Crippen LogP contribution < -0.4 is 11.2 Å². The standard InChI is InChI=1S/C9H9N3OS/c10-4-6-5-14-9(12-6)8-3-7(13)1-2-11-8/h1-3,5H,4,10H2,(H,11,13). The highest BCUT2D eigenvalue weighted by atomic mass is 32.1. The summed E-state index contributed by atoms with van der Waals surface area (Å²) in [5.74, 6) is 0. The van der Waals surface area contributed by atoms with Gasteiger partial charge in [-0.15, -0.1) is 11.3 Å². The zero-order valence-electron chi connectivity index (χ0n) is 7.36. The molecule has 0 aliphatic rings. The first kappa shape index (κ1) is 9.11. The fourth-order valence-corrected chi connectivity index (χ4v) is 1.90. The second kappa shape index (κ2) is 3.73. The van der Waals surface area contributed by atoms with E-state index < -0.39 is 0 Å². The molecule has 0 unspecified atom stereocenters. The van der Waals surface area contributed by atoms with Crippen molar-refractivity contribution < 1.29 is 0 Å². The maximum atomic E-state index is 11.1. The number of aromatic nitrogens is 2. The van der Waals surface area contributed by atoms with Crippen LogP contribution in [0.1, 0.15) is 5.69 Å². The van der Waals surface area contributed by atoms with E-state index in [1.807, 2.05) is 5.38 Å². The quantitative estimate of drug-likeness (QED) is 0.770. The number of nitrogens with one attached hydrogen (secondary N) is 1. The third-order valence-electron chi connectivity index (χ3n) is 1.76. The van der Waals surface area contributed by atoms with Crippen LogP contribution in [0.15, 0.2) is 28.5 Å². The molecule has 2 aromatic heterocycles. The summed E-state index contributed by atoms with van der Waals surface area (Å²) in [7, 11) is 0. The summed E-state index contributed by atoms with van der Waals surface area (Å²) in [5, 5.41) is 2.68. The molecule has 0 bridgehead atoms. The normalized spacial score (nSPS) is 10.4. The molecule has 14 heavy (non-hydrogen) atoms. The van der Waals surface area contributed by atoms with E-state index in [-0.39, 0.29) is 5.43 Å². The van der Waals surface area contributed by atoms with Gasteiger partial charge in [-0.2, -0.15) is 0 Å². The minimum atomic E-state index is -0.0248. The largest absolute Gasteiger partial charge is 0.359 e. The van der Waals surface area contributed by atoms with E-state index in [0.29, 0.717) is 6.54 Å². The van der Waals surface area contributed by atoms with Crippen molar-refractivity contribution in [2.24, 2.45) is 5.73 Å². The molecule has 0 saturated heterocycles. The Balaban J connectivity index is 2.44. The molecule has 0 aromatic carbocycles. The lowest BCUT2D eigenvalue weighted by atomic mass is 10.3. The van der Waals surface area contributed by atoms with Crippen LogP contribution in [0.2, 0.25) is 0 Å². The number of aromatic amines is 1. The van der Waals surface area contributed by atoms with Gasteiger partial charge in [0.1, 0.15) is 5.01 Å². The highest BCUT2D eigenvalue weighted by Gasteiger charge is 2.03. The van der Waals surface area contributed by atoms with Crippen LogP contribution in [0.5, 0.6) is 0 Å². The zero-order valence-corrected chi connectivity index (χ0v) is 8.17. The van der Waals surface area contributed by atoms with Gasteiger partial charge < -0.3 is 10.7 Å². The Kier molecular flexibility index (Phi) is 2.43. The van der Waals surface area contributed by atoms with Crippen molar-refractivity contribution >= 4 is 11.3 Å². The second-order valence-corrected chi connectivity index (χ2v) is 3.64. The Morgan fingerprint density at radius 2 is 2.43 bits per heavy atom. The zero-order chi connectivity index (χ0) is 9.97. The molecule has 5 heteroatoms. The minimum absolute atomic E-state index is 0.0248. The van der Waals surface area contributed by atoms with Gasteiger partial charge in [-0.25, -0.2) is 4.98 Å². The number of hydrogen-bond acceptors (Lipinski definition) is 4. The third kappa shape index (κ3) is 1.73. The summed E-state index contributed by atoms with van der Waals surface area (Å²) in [4.78, 5) is 18.3. The van der Waals surface area contributed by atoms with E-state index in [0.717, 1.165) is 16.4 Å². The number of H-pyrrole nitrogens is 1. The third-order valence-corrected chi connectivity index (χ3v) is 2.69. The number of thiazole rings is 1. The Hall–Kier alpha value is -1.46.